The van der Waals surface area contributed by atoms with E-state index in [9.17, 15) is 23.9 Å². The fraction of sp³-hybridized carbons (Fsp3) is 0.348. The molecule has 3 aromatic rings. The fourth-order valence-corrected chi connectivity index (χ4v) is 5.19. The second-order valence-corrected chi connectivity index (χ2v) is 9.39. The number of thiophene rings is 1. The van der Waals surface area contributed by atoms with Gasteiger partial charge in [0.15, 0.2) is 0 Å². The minimum absolute atomic E-state index is 0.00104. The van der Waals surface area contributed by atoms with E-state index < -0.39 is 29.7 Å². The molecule has 1 aliphatic carbocycles. The number of nitrogens with zero attached hydrogens (tertiary/aromatic N) is 3. The van der Waals surface area contributed by atoms with Crippen molar-refractivity contribution in [3.63, 3.8) is 0 Å². The Morgan fingerprint density at radius 1 is 1.23 bits per heavy atom. The number of fused-ring (bicyclic) bond motifs is 1. The molecule has 2 atom stereocenters. The standard InChI is InChI=1S/C23H21FN4O6S/c1-11-19-21(27-15-5-2-12(24)8-16(15)33-14-4-3-13(29)9-14)25-10-26-22(19)35-20(11)23(32)34-28-17(30)6-7-18(28)31/h2,5,8,10,13-14,29H,3-4,6-7,9H2,1H3,(H,25,26,27). The summed E-state index contributed by atoms with van der Waals surface area (Å²) in [6.45, 7) is 1.68. The lowest BCUT2D eigenvalue weighted by Crippen LogP contribution is -2.31. The van der Waals surface area contributed by atoms with E-state index in [1.807, 2.05) is 0 Å². The molecule has 0 spiro atoms. The number of hydrogen-bond donors (Lipinski definition) is 2. The minimum Gasteiger partial charge on any atom is -0.488 e. The number of benzene rings is 1. The van der Waals surface area contributed by atoms with Crippen LogP contribution in [-0.2, 0) is 14.4 Å². The van der Waals surface area contributed by atoms with Gasteiger partial charge >= 0.3 is 5.97 Å². The summed E-state index contributed by atoms with van der Waals surface area (Å²) < 4.78 is 19.9. The largest absolute Gasteiger partial charge is 0.488 e. The molecule has 2 fully saturated rings. The molecule has 2 unspecified atom stereocenters. The van der Waals surface area contributed by atoms with Gasteiger partial charge in [-0.15, -0.1) is 16.4 Å². The maximum Gasteiger partial charge on any atom is 0.374 e. The average molecular weight is 501 g/mol. The number of imide groups is 1. The summed E-state index contributed by atoms with van der Waals surface area (Å²) >= 11 is 1.04. The quantitative estimate of drug-likeness (QED) is 0.489. The molecule has 2 aromatic heterocycles. The lowest BCUT2D eigenvalue weighted by molar-refractivity contribution is -0.172. The van der Waals surface area contributed by atoms with Gasteiger partial charge in [-0.2, -0.15) is 0 Å². The molecule has 2 aliphatic rings. The second kappa shape index (κ2) is 9.19. The first-order valence-corrected chi connectivity index (χ1v) is 11.8. The lowest BCUT2D eigenvalue weighted by Gasteiger charge is -2.18. The predicted molar refractivity (Wildman–Crippen MR) is 123 cm³/mol. The van der Waals surface area contributed by atoms with Crippen LogP contribution in [0.3, 0.4) is 0 Å². The third-order valence-corrected chi connectivity index (χ3v) is 7.12. The van der Waals surface area contributed by atoms with Gasteiger partial charge in [-0.25, -0.2) is 19.2 Å². The van der Waals surface area contributed by atoms with Crippen molar-refractivity contribution in [2.45, 2.75) is 51.2 Å². The van der Waals surface area contributed by atoms with Crippen LogP contribution in [-0.4, -0.2) is 50.1 Å². The number of aromatic nitrogens is 2. The van der Waals surface area contributed by atoms with Crippen LogP contribution in [0.15, 0.2) is 24.5 Å². The van der Waals surface area contributed by atoms with Crippen molar-refractivity contribution in [1.82, 2.24) is 15.0 Å². The van der Waals surface area contributed by atoms with E-state index in [1.165, 1.54) is 24.5 Å². The molecule has 0 radical (unpaired) electrons. The van der Waals surface area contributed by atoms with E-state index in [4.69, 9.17) is 9.57 Å². The number of aliphatic hydroxyl groups excluding tert-OH is 1. The Morgan fingerprint density at radius 3 is 2.71 bits per heavy atom. The second-order valence-electron chi connectivity index (χ2n) is 8.39. The van der Waals surface area contributed by atoms with Gasteiger partial charge in [-0.1, -0.05) is 0 Å². The average Bonchev–Trinajstić information content (AvgIpc) is 3.49. The van der Waals surface area contributed by atoms with Crippen molar-refractivity contribution >= 4 is 50.8 Å². The summed E-state index contributed by atoms with van der Waals surface area (Å²) in [6.07, 6.45) is 2.38. The number of carbonyl (C=O) groups is 3. The Balaban J connectivity index is 1.44. The van der Waals surface area contributed by atoms with E-state index >= 15 is 0 Å². The summed E-state index contributed by atoms with van der Waals surface area (Å²) in [5.74, 6) is -1.82. The molecule has 1 aromatic carbocycles. The van der Waals surface area contributed by atoms with Crippen molar-refractivity contribution in [2.24, 2.45) is 0 Å². The van der Waals surface area contributed by atoms with Gasteiger partial charge in [0.2, 0.25) is 0 Å². The van der Waals surface area contributed by atoms with Crippen molar-refractivity contribution in [1.29, 1.82) is 0 Å². The number of halogens is 1. The van der Waals surface area contributed by atoms with Crippen molar-refractivity contribution < 1.29 is 33.5 Å². The van der Waals surface area contributed by atoms with Crippen LogP contribution < -0.4 is 10.1 Å². The number of amides is 2. The van der Waals surface area contributed by atoms with Crippen LogP contribution in [0.4, 0.5) is 15.9 Å². The van der Waals surface area contributed by atoms with Gasteiger partial charge in [0.1, 0.15) is 39.5 Å². The highest BCUT2D eigenvalue weighted by atomic mass is 32.1. The first-order chi connectivity index (χ1) is 16.8. The summed E-state index contributed by atoms with van der Waals surface area (Å²) in [6, 6.07) is 4.06. The van der Waals surface area contributed by atoms with E-state index in [0.29, 0.717) is 51.6 Å². The molecule has 12 heteroatoms. The maximum atomic E-state index is 14.0. The van der Waals surface area contributed by atoms with E-state index in [0.717, 1.165) is 11.3 Å². The molecular formula is C23H21FN4O6S. The van der Waals surface area contributed by atoms with E-state index in [-0.39, 0.29) is 29.6 Å². The number of rotatable bonds is 6. The van der Waals surface area contributed by atoms with Gasteiger partial charge in [0.05, 0.1) is 17.2 Å². The topological polar surface area (TPSA) is 131 Å². The smallest absolute Gasteiger partial charge is 0.374 e. The number of aliphatic hydroxyl groups is 1. The number of hydroxylamine groups is 2. The van der Waals surface area contributed by atoms with Gasteiger partial charge in [0, 0.05) is 25.3 Å². The number of aryl methyl sites for hydroxylation is 1. The molecule has 10 nitrogen and oxygen atoms in total. The molecule has 35 heavy (non-hydrogen) atoms. The van der Waals surface area contributed by atoms with Crippen molar-refractivity contribution in [3.05, 3.63) is 40.8 Å². The Bertz CT molecular complexity index is 1330. The molecule has 182 valence electrons. The molecule has 0 bridgehead atoms. The molecular weight excluding hydrogens is 479 g/mol. The Morgan fingerprint density at radius 2 is 2.00 bits per heavy atom. The zero-order valence-corrected chi connectivity index (χ0v) is 19.4. The first kappa shape index (κ1) is 23.1. The van der Waals surface area contributed by atoms with Gasteiger partial charge in [-0.05, 0) is 37.5 Å². The summed E-state index contributed by atoms with van der Waals surface area (Å²) in [4.78, 5) is 50.6. The van der Waals surface area contributed by atoms with Gasteiger partial charge < -0.3 is 20.0 Å². The number of ether oxygens (including phenoxy) is 1. The zero-order chi connectivity index (χ0) is 24.7. The first-order valence-electron chi connectivity index (χ1n) is 11.0. The highest BCUT2D eigenvalue weighted by Gasteiger charge is 2.34. The molecule has 1 saturated carbocycles. The SMILES string of the molecule is Cc1c(C(=O)ON2C(=O)CCC2=O)sc2ncnc(Nc3ccc(F)cc3OC3CCC(O)C3)c12. The Kier molecular flexibility index (Phi) is 6.07. The Hall–Kier alpha value is -3.64. The number of nitrogens with one attached hydrogen (secondary N) is 1. The highest BCUT2D eigenvalue weighted by Crippen LogP contribution is 2.38. The summed E-state index contributed by atoms with van der Waals surface area (Å²) in [7, 11) is 0. The van der Waals surface area contributed by atoms with Crippen LogP contribution in [0, 0.1) is 12.7 Å². The van der Waals surface area contributed by atoms with Gasteiger partial charge in [0.25, 0.3) is 11.8 Å². The number of carbonyl (C=O) groups excluding carboxylic acids is 3. The van der Waals surface area contributed by atoms with Gasteiger partial charge in [-0.3, -0.25) is 9.59 Å². The van der Waals surface area contributed by atoms with E-state index in [1.54, 1.807) is 6.92 Å². The molecule has 5 rings (SSSR count). The molecule has 2 N–H and O–H groups in total. The Labute approximate surface area is 202 Å². The number of anilines is 2. The fourth-order valence-electron chi connectivity index (χ4n) is 4.17. The third kappa shape index (κ3) is 4.54. The molecule has 3 heterocycles. The predicted octanol–water partition coefficient (Wildman–Crippen LogP) is 3.40. The highest BCUT2D eigenvalue weighted by molar-refractivity contribution is 7.20. The lowest BCUT2D eigenvalue weighted by atomic mass is 10.2. The van der Waals surface area contributed by atoms with Crippen LogP contribution in [0.5, 0.6) is 5.75 Å². The van der Waals surface area contributed by atoms with Crippen LogP contribution >= 0.6 is 11.3 Å². The molecule has 1 saturated heterocycles. The summed E-state index contributed by atoms with van der Waals surface area (Å²) in [5.41, 5.74) is 0.955. The molecule has 2 amide bonds. The van der Waals surface area contributed by atoms with Crippen LogP contribution in [0.25, 0.3) is 10.2 Å². The normalized spacial score (nSPS) is 20.0. The minimum atomic E-state index is -0.842. The monoisotopic (exact) mass is 500 g/mol. The maximum absolute atomic E-state index is 14.0. The number of hydrogen-bond acceptors (Lipinski definition) is 10. The van der Waals surface area contributed by atoms with Crippen LogP contribution in [0.1, 0.15) is 47.3 Å². The van der Waals surface area contributed by atoms with E-state index in [2.05, 4.69) is 15.3 Å². The molecule has 1 aliphatic heterocycles. The zero-order valence-electron chi connectivity index (χ0n) is 18.6. The summed E-state index contributed by atoms with van der Waals surface area (Å²) in [5, 5.41) is 14.0. The van der Waals surface area contributed by atoms with Crippen LogP contribution in [0.2, 0.25) is 0 Å². The van der Waals surface area contributed by atoms with Crippen molar-refractivity contribution in [2.75, 3.05) is 5.32 Å². The van der Waals surface area contributed by atoms with Crippen molar-refractivity contribution in [3.8, 4) is 5.75 Å². The third-order valence-electron chi connectivity index (χ3n) is 5.94.